The number of rotatable bonds is 7. The summed E-state index contributed by atoms with van der Waals surface area (Å²) < 4.78 is 5.82. The van der Waals surface area contributed by atoms with Gasteiger partial charge in [0.2, 0.25) is 0 Å². The zero-order chi connectivity index (χ0) is 14.4. The Bertz CT molecular complexity index is 507. The monoisotopic (exact) mass is 273 g/mol. The number of pyridine rings is 1. The molecule has 0 unspecified atom stereocenters. The van der Waals surface area contributed by atoms with Crippen LogP contribution >= 0.6 is 0 Å². The molecule has 2 heterocycles. The van der Waals surface area contributed by atoms with Gasteiger partial charge in [0.15, 0.2) is 0 Å². The van der Waals surface area contributed by atoms with E-state index in [-0.39, 0.29) is 0 Å². The maximum atomic E-state index is 5.82. The van der Waals surface area contributed by atoms with E-state index in [4.69, 9.17) is 4.42 Å². The van der Waals surface area contributed by atoms with Crippen LogP contribution in [0.4, 0.5) is 0 Å². The van der Waals surface area contributed by atoms with Crippen molar-refractivity contribution in [3.63, 3.8) is 0 Å². The average molecular weight is 273 g/mol. The van der Waals surface area contributed by atoms with Crippen molar-refractivity contribution in [2.45, 2.75) is 39.5 Å². The number of aromatic nitrogens is 1. The molecule has 0 spiro atoms. The summed E-state index contributed by atoms with van der Waals surface area (Å²) in [5.74, 6) is 1.99. The summed E-state index contributed by atoms with van der Waals surface area (Å²) in [5.41, 5.74) is 1.21. The van der Waals surface area contributed by atoms with Crippen molar-refractivity contribution in [1.29, 1.82) is 0 Å². The molecule has 0 radical (unpaired) electrons. The minimum absolute atomic E-state index is 0.469. The first-order chi connectivity index (χ1) is 9.63. The van der Waals surface area contributed by atoms with Crippen molar-refractivity contribution in [2.24, 2.45) is 0 Å². The third-order valence-electron chi connectivity index (χ3n) is 3.00. The first kappa shape index (κ1) is 14.8. The lowest BCUT2D eigenvalue weighted by Gasteiger charge is -2.14. The summed E-state index contributed by atoms with van der Waals surface area (Å²) in [6.07, 6.45) is 3.70. The highest BCUT2D eigenvalue weighted by atomic mass is 16.3. The third kappa shape index (κ3) is 4.79. The number of hydrogen-bond donors (Lipinski definition) is 1. The predicted molar refractivity (Wildman–Crippen MR) is 80.1 cm³/mol. The molecule has 1 N–H and O–H groups in total. The van der Waals surface area contributed by atoms with Crippen molar-refractivity contribution < 1.29 is 4.42 Å². The van der Waals surface area contributed by atoms with Crippen LogP contribution in [-0.2, 0) is 19.6 Å². The van der Waals surface area contributed by atoms with Crippen molar-refractivity contribution in [3.05, 3.63) is 53.7 Å². The van der Waals surface area contributed by atoms with E-state index in [1.54, 1.807) is 6.20 Å². The van der Waals surface area contributed by atoms with E-state index in [9.17, 15) is 0 Å². The fraction of sp³-hybridized carbons (Fsp3) is 0.438. The molecule has 0 aromatic carbocycles. The van der Waals surface area contributed by atoms with Crippen LogP contribution in [0.5, 0.6) is 0 Å². The molecule has 4 heteroatoms. The zero-order valence-electron chi connectivity index (χ0n) is 12.5. The van der Waals surface area contributed by atoms with Crippen LogP contribution in [0.2, 0.25) is 0 Å². The lowest BCUT2D eigenvalue weighted by atomic mass is 10.2. The number of furan rings is 1. The molecule has 0 fully saturated rings. The first-order valence-electron chi connectivity index (χ1n) is 7.02. The maximum absolute atomic E-state index is 5.82. The molecule has 0 aliphatic heterocycles. The first-order valence-corrected chi connectivity index (χ1v) is 7.02. The van der Waals surface area contributed by atoms with Gasteiger partial charge in [0.25, 0.3) is 0 Å². The Morgan fingerprint density at radius 1 is 1.20 bits per heavy atom. The Morgan fingerprint density at radius 3 is 2.70 bits per heavy atom. The largest absolute Gasteiger partial charge is 0.463 e. The molecule has 108 valence electrons. The summed E-state index contributed by atoms with van der Waals surface area (Å²) in [6, 6.07) is 8.62. The molecular weight excluding hydrogens is 250 g/mol. The molecule has 0 saturated heterocycles. The number of nitrogens with zero attached hydrogens (tertiary/aromatic N) is 2. The lowest BCUT2D eigenvalue weighted by Crippen LogP contribution is -2.21. The van der Waals surface area contributed by atoms with Gasteiger partial charge in [-0.25, -0.2) is 0 Å². The number of hydrogen-bond acceptors (Lipinski definition) is 4. The Balaban J connectivity index is 1.83. The third-order valence-corrected chi connectivity index (χ3v) is 3.00. The van der Waals surface area contributed by atoms with Gasteiger partial charge in [-0.3, -0.25) is 9.88 Å². The van der Waals surface area contributed by atoms with Crippen LogP contribution in [0.15, 0.2) is 41.1 Å². The minimum Gasteiger partial charge on any atom is -0.463 e. The molecule has 0 saturated carbocycles. The zero-order valence-corrected chi connectivity index (χ0v) is 12.5. The standard InChI is InChI=1S/C16H23N3O/c1-13(2)18-10-15-6-7-16(20-15)12-19(3)11-14-5-4-8-17-9-14/h4-9,13,18H,10-12H2,1-3H3. The SMILES string of the molecule is CC(C)NCc1ccc(CN(C)Cc2cccnc2)o1. The summed E-state index contributed by atoms with van der Waals surface area (Å²) >= 11 is 0. The van der Waals surface area contributed by atoms with E-state index in [1.807, 2.05) is 18.3 Å². The molecule has 0 atom stereocenters. The Hall–Kier alpha value is -1.65. The van der Waals surface area contributed by atoms with E-state index in [0.29, 0.717) is 6.04 Å². The highest BCUT2D eigenvalue weighted by molar-refractivity contribution is 5.10. The second-order valence-corrected chi connectivity index (χ2v) is 5.44. The molecule has 2 aromatic heterocycles. The summed E-state index contributed by atoms with van der Waals surface area (Å²) in [5, 5.41) is 3.35. The molecular formula is C16H23N3O. The van der Waals surface area contributed by atoms with Gasteiger partial charge in [-0.05, 0) is 30.8 Å². The summed E-state index contributed by atoms with van der Waals surface area (Å²) in [4.78, 5) is 6.35. The van der Waals surface area contributed by atoms with Crippen LogP contribution in [-0.4, -0.2) is 23.0 Å². The molecule has 2 rings (SSSR count). The van der Waals surface area contributed by atoms with E-state index < -0.39 is 0 Å². The van der Waals surface area contributed by atoms with Gasteiger partial charge in [-0.15, -0.1) is 0 Å². The van der Waals surface area contributed by atoms with Crippen LogP contribution in [0, 0.1) is 0 Å². The van der Waals surface area contributed by atoms with Crippen LogP contribution in [0.25, 0.3) is 0 Å². The van der Waals surface area contributed by atoms with E-state index in [2.05, 4.69) is 48.2 Å². The molecule has 0 bridgehead atoms. The van der Waals surface area contributed by atoms with E-state index >= 15 is 0 Å². The van der Waals surface area contributed by atoms with Crippen molar-refractivity contribution in [2.75, 3.05) is 7.05 Å². The van der Waals surface area contributed by atoms with Gasteiger partial charge in [-0.1, -0.05) is 19.9 Å². The van der Waals surface area contributed by atoms with Crippen molar-refractivity contribution >= 4 is 0 Å². The predicted octanol–water partition coefficient (Wildman–Crippen LogP) is 2.80. The quantitative estimate of drug-likeness (QED) is 0.842. The van der Waals surface area contributed by atoms with Gasteiger partial charge < -0.3 is 9.73 Å². The van der Waals surface area contributed by atoms with E-state index in [1.165, 1.54) is 5.56 Å². The van der Waals surface area contributed by atoms with Gasteiger partial charge in [0.05, 0.1) is 13.1 Å². The Kier molecular flexibility index (Phi) is 5.32. The normalized spacial score (nSPS) is 11.4. The molecule has 4 nitrogen and oxygen atoms in total. The average Bonchev–Trinajstić information content (AvgIpc) is 2.85. The summed E-state index contributed by atoms with van der Waals surface area (Å²) in [7, 11) is 2.08. The smallest absolute Gasteiger partial charge is 0.118 e. The lowest BCUT2D eigenvalue weighted by molar-refractivity contribution is 0.282. The molecule has 2 aromatic rings. The van der Waals surface area contributed by atoms with Gasteiger partial charge >= 0.3 is 0 Å². The highest BCUT2D eigenvalue weighted by Crippen LogP contribution is 2.11. The molecule has 0 aliphatic rings. The van der Waals surface area contributed by atoms with Crippen molar-refractivity contribution in [1.82, 2.24) is 15.2 Å². The maximum Gasteiger partial charge on any atom is 0.118 e. The van der Waals surface area contributed by atoms with Gasteiger partial charge in [0, 0.05) is 25.0 Å². The summed E-state index contributed by atoms with van der Waals surface area (Å²) in [6.45, 7) is 6.71. The second kappa shape index (κ2) is 7.22. The van der Waals surface area contributed by atoms with Crippen LogP contribution < -0.4 is 5.32 Å². The Morgan fingerprint density at radius 2 is 2.00 bits per heavy atom. The molecule has 0 amide bonds. The second-order valence-electron chi connectivity index (χ2n) is 5.44. The van der Waals surface area contributed by atoms with Crippen LogP contribution in [0.3, 0.4) is 0 Å². The fourth-order valence-electron chi connectivity index (χ4n) is 2.03. The molecule has 20 heavy (non-hydrogen) atoms. The number of nitrogens with one attached hydrogen (secondary N) is 1. The van der Waals surface area contributed by atoms with Crippen LogP contribution in [0.1, 0.15) is 30.9 Å². The van der Waals surface area contributed by atoms with Gasteiger partial charge in [-0.2, -0.15) is 0 Å². The minimum atomic E-state index is 0.469. The Labute approximate surface area is 120 Å². The topological polar surface area (TPSA) is 41.3 Å². The fourth-order valence-corrected chi connectivity index (χ4v) is 2.03. The van der Waals surface area contributed by atoms with E-state index in [0.717, 1.165) is 31.2 Å². The van der Waals surface area contributed by atoms with Crippen molar-refractivity contribution in [3.8, 4) is 0 Å². The highest BCUT2D eigenvalue weighted by Gasteiger charge is 2.06. The van der Waals surface area contributed by atoms with Gasteiger partial charge in [0.1, 0.15) is 11.5 Å². The molecule has 0 aliphatic carbocycles.